The summed E-state index contributed by atoms with van der Waals surface area (Å²) >= 11 is 0. The van der Waals surface area contributed by atoms with Crippen molar-refractivity contribution in [1.29, 1.82) is 0 Å². The van der Waals surface area contributed by atoms with Crippen LogP contribution in [0.5, 0.6) is 0 Å². The first-order valence-corrected chi connectivity index (χ1v) is 8.29. The van der Waals surface area contributed by atoms with E-state index < -0.39 is 5.60 Å². The van der Waals surface area contributed by atoms with E-state index in [1.165, 1.54) is 0 Å². The average molecular weight is 299 g/mol. The molecule has 1 fully saturated rings. The number of likely N-dealkylation sites (tertiary alicyclic amines) is 1. The van der Waals surface area contributed by atoms with Gasteiger partial charge >= 0.3 is 6.09 Å². The number of hydrogen-bond acceptors (Lipinski definition) is 3. The van der Waals surface area contributed by atoms with Gasteiger partial charge in [0.1, 0.15) is 5.60 Å². The molecule has 0 aliphatic carbocycles. The van der Waals surface area contributed by atoms with Gasteiger partial charge in [0.15, 0.2) is 0 Å². The van der Waals surface area contributed by atoms with Gasteiger partial charge in [0.05, 0.1) is 5.60 Å². The molecule has 0 radical (unpaired) electrons. The number of rotatable bonds is 5. The molecule has 1 saturated heterocycles. The van der Waals surface area contributed by atoms with Gasteiger partial charge in [-0.3, -0.25) is 0 Å². The summed E-state index contributed by atoms with van der Waals surface area (Å²) in [6.45, 7) is 14.6. The van der Waals surface area contributed by atoms with Crippen LogP contribution >= 0.6 is 0 Å². The summed E-state index contributed by atoms with van der Waals surface area (Å²) in [5.74, 6) is 0.667. The third-order valence-corrected chi connectivity index (χ3v) is 4.07. The molecule has 4 heteroatoms. The van der Waals surface area contributed by atoms with Gasteiger partial charge in [-0.2, -0.15) is 0 Å². The zero-order valence-corrected chi connectivity index (χ0v) is 14.7. The molecule has 1 aliphatic heterocycles. The van der Waals surface area contributed by atoms with Crippen molar-refractivity contribution in [3.8, 4) is 0 Å². The Labute approximate surface area is 130 Å². The number of hydrogen-bond donors (Lipinski definition) is 0. The maximum atomic E-state index is 12.1. The zero-order chi connectivity index (χ0) is 16.1. The van der Waals surface area contributed by atoms with E-state index in [4.69, 9.17) is 9.47 Å². The Morgan fingerprint density at radius 1 is 1.24 bits per heavy atom. The van der Waals surface area contributed by atoms with E-state index in [2.05, 4.69) is 20.8 Å². The highest BCUT2D eigenvalue weighted by Crippen LogP contribution is 2.30. The van der Waals surface area contributed by atoms with Crippen LogP contribution < -0.4 is 0 Å². The number of piperidine rings is 1. The van der Waals surface area contributed by atoms with Crippen molar-refractivity contribution in [2.75, 3.05) is 19.7 Å². The van der Waals surface area contributed by atoms with Crippen LogP contribution in [0.2, 0.25) is 0 Å². The fraction of sp³-hybridized carbons (Fsp3) is 0.941. The van der Waals surface area contributed by atoms with Crippen molar-refractivity contribution in [2.24, 2.45) is 5.92 Å². The molecule has 0 aromatic carbocycles. The van der Waals surface area contributed by atoms with E-state index in [0.717, 1.165) is 45.4 Å². The lowest BCUT2D eigenvalue weighted by atomic mass is 9.88. The van der Waals surface area contributed by atoms with Gasteiger partial charge in [-0.05, 0) is 52.4 Å². The second-order valence-corrected chi connectivity index (χ2v) is 7.53. The first-order valence-electron chi connectivity index (χ1n) is 8.29. The van der Waals surface area contributed by atoms with Gasteiger partial charge < -0.3 is 14.4 Å². The number of carbonyl (C=O) groups is 1. The molecule has 124 valence electrons. The predicted molar refractivity (Wildman–Crippen MR) is 85.5 cm³/mol. The van der Waals surface area contributed by atoms with E-state index in [-0.39, 0.29) is 11.7 Å². The molecule has 0 bridgehead atoms. The lowest BCUT2D eigenvalue weighted by Crippen LogP contribution is -2.49. The fourth-order valence-corrected chi connectivity index (χ4v) is 2.53. The molecule has 0 atom stereocenters. The molecule has 1 rings (SSSR count). The molecule has 4 nitrogen and oxygen atoms in total. The van der Waals surface area contributed by atoms with Gasteiger partial charge in [-0.1, -0.05) is 20.8 Å². The second kappa shape index (κ2) is 7.48. The SMILES string of the molecule is CCC1(OCCC(C)C)CCN(C(=O)OC(C)(C)C)CC1. The molecular formula is C17H33NO3. The molecule has 0 saturated carbocycles. The number of amides is 1. The summed E-state index contributed by atoms with van der Waals surface area (Å²) in [6.07, 6.45) is 3.71. The second-order valence-electron chi connectivity index (χ2n) is 7.53. The molecule has 1 aliphatic rings. The first kappa shape index (κ1) is 18.3. The van der Waals surface area contributed by atoms with Crippen LogP contribution in [0.15, 0.2) is 0 Å². The summed E-state index contributed by atoms with van der Waals surface area (Å²) in [7, 11) is 0. The highest BCUT2D eigenvalue weighted by molar-refractivity contribution is 5.68. The molecule has 0 N–H and O–H groups in total. The fourth-order valence-electron chi connectivity index (χ4n) is 2.53. The van der Waals surface area contributed by atoms with Crippen molar-refractivity contribution in [1.82, 2.24) is 4.90 Å². The predicted octanol–water partition coefficient (Wildman–Crippen LogP) is 4.23. The van der Waals surface area contributed by atoms with E-state index in [1.807, 2.05) is 25.7 Å². The molecule has 0 unspecified atom stereocenters. The van der Waals surface area contributed by atoms with Gasteiger partial charge in [0.2, 0.25) is 0 Å². The van der Waals surface area contributed by atoms with Crippen molar-refractivity contribution in [2.45, 2.75) is 78.4 Å². The van der Waals surface area contributed by atoms with Crippen LogP contribution in [0.25, 0.3) is 0 Å². The van der Waals surface area contributed by atoms with E-state index >= 15 is 0 Å². The summed E-state index contributed by atoms with van der Waals surface area (Å²) in [5, 5.41) is 0. The topological polar surface area (TPSA) is 38.8 Å². The standard InChI is InChI=1S/C17H33NO3/c1-7-17(20-13-8-14(2)3)9-11-18(12-10-17)15(19)21-16(4,5)6/h14H,7-13H2,1-6H3. The van der Waals surface area contributed by atoms with Gasteiger partial charge in [-0.25, -0.2) is 4.79 Å². The van der Waals surface area contributed by atoms with Crippen molar-refractivity contribution >= 4 is 6.09 Å². The van der Waals surface area contributed by atoms with Crippen molar-refractivity contribution in [3.63, 3.8) is 0 Å². The maximum absolute atomic E-state index is 12.1. The van der Waals surface area contributed by atoms with Crippen LogP contribution in [-0.2, 0) is 9.47 Å². The summed E-state index contributed by atoms with van der Waals surface area (Å²) < 4.78 is 11.6. The van der Waals surface area contributed by atoms with Crippen LogP contribution in [0.3, 0.4) is 0 Å². The zero-order valence-electron chi connectivity index (χ0n) is 14.7. The van der Waals surface area contributed by atoms with E-state index in [9.17, 15) is 4.79 Å². The van der Waals surface area contributed by atoms with Crippen LogP contribution in [0.1, 0.15) is 67.2 Å². The lowest BCUT2D eigenvalue weighted by Gasteiger charge is -2.41. The monoisotopic (exact) mass is 299 g/mol. The first-order chi connectivity index (χ1) is 9.67. The summed E-state index contributed by atoms with van der Waals surface area (Å²) in [5.41, 5.74) is -0.475. The van der Waals surface area contributed by atoms with E-state index in [0.29, 0.717) is 5.92 Å². The summed E-state index contributed by atoms with van der Waals surface area (Å²) in [4.78, 5) is 13.9. The van der Waals surface area contributed by atoms with Gasteiger partial charge in [0, 0.05) is 19.7 Å². The average Bonchev–Trinajstić information content (AvgIpc) is 2.37. The Hall–Kier alpha value is -0.770. The Kier molecular flexibility index (Phi) is 6.51. The molecule has 21 heavy (non-hydrogen) atoms. The maximum Gasteiger partial charge on any atom is 0.410 e. The Morgan fingerprint density at radius 2 is 1.81 bits per heavy atom. The molecule has 0 aromatic heterocycles. The van der Waals surface area contributed by atoms with Crippen molar-refractivity contribution in [3.05, 3.63) is 0 Å². The minimum Gasteiger partial charge on any atom is -0.444 e. The van der Waals surface area contributed by atoms with Crippen LogP contribution in [0.4, 0.5) is 4.79 Å². The van der Waals surface area contributed by atoms with Crippen LogP contribution in [-0.4, -0.2) is 41.9 Å². The Morgan fingerprint density at radius 3 is 2.24 bits per heavy atom. The molecule has 0 aromatic rings. The third-order valence-electron chi connectivity index (χ3n) is 4.07. The highest BCUT2D eigenvalue weighted by Gasteiger charge is 2.36. The summed E-state index contributed by atoms with van der Waals surface area (Å²) in [6, 6.07) is 0. The van der Waals surface area contributed by atoms with Gasteiger partial charge in [0.25, 0.3) is 0 Å². The quantitative estimate of drug-likeness (QED) is 0.762. The Balaban J connectivity index is 2.46. The van der Waals surface area contributed by atoms with Crippen LogP contribution in [0, 0.1) is 5.92 Å². The highest BCUT2D eigenvalue weighted by atomic mass is 16.6. The van der Waals surface area contributed by atoms with Crippen molar-refractivity contribution < 1.29 is 14.3 Å². The lowest BCUT2D eigenvalue weighted by molar-refractivity contribution is -0.0892. The van der Waals surface area contributed by atoms with Gasteiger partial charge in [-0.15, -0.1) is 0 Å². The number of carbonyl (C=O) groups excluding carboxylic acids is 1. The third kappa shape index (κ3) is 6.25. The van der Waals surface area contributed by atoms with E-state index in [1.54, 1.807) is 0 Å². The normalized spacial score (nSPS) is 18.9. The minimum absolute atomic E-state index is 0.0482. The molecule has 0 spiro atoms. The number of ether oxygens (including phenoxy) is 2. The molecule has 1 amide bonds. The Bertz CT molecular complexity index is 325. The molecule has 1 heterocycles. The number of nitrogens with zero attached hydrogens (tertiary/aromatic N) is 1. The molecular weight excluding hydrogens is 266 g/mol. The minimum atomic E-state index is -0.426. The smallest absolute Gasteiger partial charge is 0.410 e. The largest absolute Gasteiger partial charge is 0.444 e.